The summed E-state index contributed by atoms with van der Waals surface area (Å²) < 4.78 is 1.03. The van der Waals surface area contributed by atoms with Gasteiger partial charge in [-0.15, -0.1) is 0 Å². The van der Waals surface area contributed by atoms with Gasteiger partial charge in [0, 0.05) is 37.9 Å². The minimum Gasteiger partial charge on any atom is -0.355 e. The number of aromatic nitrogens is 3. The number of rotatable bonds is 4. The Bertz CT molecular complexity index is 1050. The summed E-state index contributed by atoms with van der Waals surface area (Å²) in [7, 11) is 0. The molecule has 160 valence electrons. The number of carbonyl (C=O) groups is 2. The van der Waals surface area contributed by atoms with Gasteiger partial charge in [0.15, 0.2) is 5.13 Å². The summed E-state index contributed by atoms with van der Waals surface area (Å²) in [5, 5.41) is 3.53. The summed E-state index contributed by atoms with van der Waals surface area (Å²) in [4.78, 5) is 43.1. The van der Waals surface area contributed by atoms with Gasteiger partial charge in [0.1, 0.15) is 11.9 Å². The van der Waals surface area contributed by atoms with Gasteiger partial charge >= 0.3 is 0 Å². The fourth-order valence-corrected chi connectivity index (χ4v) is 5.33. The van der Waals surface area contributed by atoms with Gasteiger partial charge in [0.05, 0.1) is 16.4 Å². The summed E-state index contributed by atoms with van der Waals surface area (Å²) in [6, 6.07) is 7.39. The van der Waals surface area contributed by atoms with Crippen molar-refractivity contribution in [3.63, 3.8) is 0 Å². The van der Waals surface area contributed by atoms with Crippen molar-refractivity contribution >= 4 is 44.3 Å². The average molecular weight is 437 g/mol. The van der Waals surface area contributed by atoms with Crippen LogP contribution in [0.1, 0.15) is 25.7 Å². The molecule has 5 rings (SSSR count). The Morgan fingerprint density at radius 1 is 1.06 bits per heavy atom. The van der Waals surface area contributed by atoms with Crippen molar-refractivity contribution in [3.05, 3.63) is 42.9 Å². The molecule has 9 heteroatoms. The fraction of sp³-hybridized carbons (Fsp3) is 0.409. The first-order chi connectivity index (χ1) is 15.2. The number of anilines is 2. The molecule has 0 aliphatic carbocycles. The third-order valence-electron chi connectivity index (χ3n) is 6.08. The number of likely N-dealkylation sites (tertiary alicyclic amines) is 1. The molecule has 3 aromatic rings. The maximum atomic E-state index is 13.2. The van der Waals surface area contributed by atoms with E-state index in [1.54, 1.807) is 23.5 Å². The van der Waals surface area contributed by atoms with E-state index in [9.17, 15) is 9.59 Å². The number of hydrogen-bond donors (Lipinski definition) is 1. The molecule has 0 bridgehead atoms. The predicted octanol–water partition coefficient (Wildman–Crippen LogP) is 2.93. The SMILES string of the molecule is O=C(Nc1nc2ccccc2s1)C1CCCN1C(=O)C1CCN(c2cnccn2)CC1. The molecule has 2 aliphatic rings. The molecule has 1 aromatic carbocycles. The van der Waals surface area contributed by atoms with Gasteiger partial charge in [-0.3, -0.25) is 14.6 Å². The third-order valence-corrected chi connectivity index (χ3v) is 7.03. The summed E-state index contributed by atoms with van der Waals surface area (Å²) in [5.41, 5.74) is 0.872. The van der Waals surface area contributed by atoms with Crippen LogP contribution in [0.15, 0.2) is 42.9 Å². The van der Waals surface area contributed by atoms with Crippen LogP contribution in [-0.4, -0.2) is 57.3 Å². The first-order valence-electron chi connectivity index (χ1n) is 10.7. The minimum absolute atomic E-state index is 0.0521. The van der Waals surface area contributed by atoms with Crippen molar-refractivity contribution in [3.8, 4) is 0 Å². The molecule has 2 aromatic heterocycles. The Morgan fingerprint density at radius 2 is 1.90 bits per heavy atom. The standard InChI is InChI=1S/C22H24N6O2S/c29-20(26-22-25-16-4-1-2-6-18(16)31-22)17-5-3-11-28(17)21(30)15-7-12-27(13-8-15)19-14-23-9-10-24-19/h1-2,4,6,9-10,14-15,17H,3,5,7-8,11-13H2,(H,25,26,29). The number of fused-ring (bicyclic) bond motifs is 1. The Hall–Kier alpha value is -3.07. The van der Waals surface area contributed by atoms with Gasteiger partial charge in [-0.05, 0) is 37.8 Å². The van der Waals surface area contributed by atoms with Crippen LogP contribution >= 0.6 is 11.3 Å². The zero-order chi connectivity index (χ0) is 21.2. The quantitative estimate of drug-likeness (QED) is 0.676. The lowest BCUT2D eigenvalue weighted by molar-refractivity contribution is -0.140. The molecule has 0 spiro atoms. The molecule has 2 amide bonds. The van der Waals surface area contributed by atoms with Crippen LogP contribution in [0, 0.1) is 5.92 Å². The number of hydrogen-bond acceptors (Lipinski definition) is 7. The van der Waals surface area contributed by atoms with E-state index in [-0.39, 0.29) is 17.7 Å². The van der Waals surface area contributed by atoms with Crippen LogP contribution in [-0.2, 0) is 9.59 Å². The molecule has 31 heavy (non-hydrogen) atoms. The van der Waals surface area contributed by atoms with Crippen molar-refractivity contribution in [1.82, 2.24) is 19.9 Å². The highest BCUT2D eigenvalue weighted by atomic mass is 32.1. The Kier molecular flexibility index (Phi) is 5.50. The number of carbonyl (C=O) groups excluding carboxylic acids is 2. The number of thiazole rings is 1. The van der Waals surface area contributed by atoms with Crippen LogP contribution in [0.4, 0.5) is 10.9 Å². The Morgan fingerprint density at radius 3 is 2.68 bits per heavy atom. The van der Waals surface area contributed by atoms with Crippen molar-refractivity contribution in [2.24, 2.45) is 5.92 Å². The van der Waals surface area contributed by atoms with E-state index in [1.807, 2.05) is 24.3 Å². The molecule has 4 heterocycles. The lowest BCUT2D eigenvalue weighted by Crippen LogP contribution is -2.48. The second kappa shape index (κ2) is 8.58. The van der Waals surface area contributed by atoms with Crippen LogP contribution in [0.3, 0.4) is 0 Å². The molecule has 1 atom stereocenters. The molecule has 2 aliphatic heterocycles. The molecular weight excluding hydrogens is 412 g/mol. The monoisotopic (exact) mass is 436 g/mol. The summed E-state index contributed by atoms with van der Waals surface area (Å²) in [6.45, 7) is 2.18. The zero-order valence-corrected chi connectivity index (χ0v) is 17.9. The van der Waals surface area contributed by atoms with Crippen molar-refractivity contribution in [2.75, 3.05) is 29.9 Å². The van der Waals surface area contributed by atoms with Gasteiger partial charge < -0.3 is 15.1 Å². The van der Waals surface area contributed by atoms with E-state index < -0.39 is 6.04 Å². The van der Waals surface area contributed by atoms with Crippen LogP contribution in [0.5, 0.6) is 0 Å². The number of piperidine rings is 1. The van der Waals surface area contributed by atoms with Gasteiger partial charge in [-0.1, -0.05) is 23.5 Å². The molecule has 8 nitrogen and oxygen atoms in total. The number of amides is 2. The minimum atomic E-state index is -0.419. The van der Waals surface area contributed by atoms with Crippen LogP contribution < -0.4 is 10.2 Å². The van der Waals surface area contributed by atoms with Crippen LogP contribution in [0.2, 0.25) is 0 Å². The second-order valence-corrected chi connectivity index (χ2v) is 9.02. The van der Waals surface area contributed by atoms with E-state index in [0.29, 0.717) is 18.1 Å². The van der Waals surface area contributed by atoms with Gasteiger partial charge in [0.25, 0.3) is 0 Å². The summed E-state index contributed by atoms with van der Waals surface area (Å²) >= 11 is 1.46. The first-order valence-corrected chi connectivity index (χ1v) is 11.5. The number of benzene rings is 1. The summed E-state index contributed by atoms with van der Waals surface area (Å²) in [5.74, 6) is 0.758. The number of nitrogens with one attached hydrogen (secondary N) is 1. The average Bonchev–Trinajstić information content (AvgIpc) is 3.46. The maximum Gasteiger partial charge on any atom is 0.248 e. The largest absolute Gasteiger partial charge is 0.355 e. The highest BCUT2D eigenvalue weighted by Crippen LogP contribution is 2.29. The van der Waals surface area contributed by atoms with Gasteiger partial charge in [-0.2, -0.15) is 0 Å². The first kappa shape index (κ1) is 19.9. The zero-order valence-electron chi connectivity index (χ0n) is 17.1. The van der Waals surface area contributed by atoms with Gasteiger partial charge in [0.2, 0.25) is 11.8 Å². The Balaban J connectivity index is 1.21. The maximum absolute atomic E-state index is 13.2. The van der Waals surface area contributed by atoms with E-state index in [4.69, 9.17) is 0 Å². The van der Waals surface area contributed by atoms with Crippen molar-refractivity contribution < 1.29 is 9.59 Å². The summed E-state index contributed by atoms with van der Waals surface area (Å²) in [6.07, 6.45) is 8.17. The van der Waals surface area contributed by atoms with Crippen LogP contribution in [0.25, 0.3) is 10.2 Å². The molecule has 0 saturated carbocycles. The molecule has 2 saturated heterocycles. The molecular formula is C22H24N6O2S. The van der Waals surface area contributed by atoms with Crippen molar-refractivity contribution in [1.29, 1.82) is 0 Å². The molecule has 2 fully saturated rings. The Labute approximate surface area is 184 Å². The van der Waals surface area contributed by atoms with E-state index in [0.717, 1.165) is 48.4 Å². The highest BCUT2D eigenvalue weighted by molar-refractivity contribution is 7.22. The van der Waals surface area contributed by atoms with Crippen molar-refractivity contribution in [2.45, 2.75) is 31.7 Å². The smallest absolute Gasteiger partial charge is 0.248 e. The number of para-hydroxylation sites is 1. The fourth-order valence-electron chi connectivity index (χ4n) is 4.46. The van der Waals surface area contributed by atoms with E-state index in [1.165, 1.54) is 11.3 Å². The second-order valence-electron chi connectivity index (χ2n) is 7.99. The lowest BCUT2D eigenvalue weighted by Gasteiger charge is -2.34. The molecule has 1 unspecified atom stereocenters. The topological polar surface area (TPSA) is 91.3 Å². The molecule has 1 N–H and O–H groups in total. The van der Waals surface area contributed by atoms with E-state index >= 15 is 0 Å². The van der Waals surface area contributed by atoms with Gasteiger partial charge in [-0.25, -0.2) is 9.97 Å². The van der Waals surface area contributed by atoms with E-state index in [2.05, 4.69) is 25.2 Å². The number of nitrogens with zero attached hydrogens (tertiary/aromatic N) is 5. The predicted molar refractivity (Wildman–Crippen MR) is 120 cm³/mol. The third kappa shape index (κ3) is 4.10. The molecule has 0 radical (unpaired) electrons. The normalized spacial score (nSPS) is 19.7. The highest BCUT2D eigenvalue weighted by Gasteiger charge is 2.38. The lowest BCUT2D eigenvalue weighted by atomic mass is 9.95.